The van der Waals surface area contributed by atoms with Crippen molar-refractivity contribution in [3.8, 4) is 0 Å². The molecule has 2 unspecified atom stereocenters. The zero-order valence-electron chi connectivity index (χ0n) is 19.1. The highest BCUT2D eigenvalue weighted by molar-refractivity contribution is 7.53. The minimum Gasteiger partial charge on any atom is -0.376 e. The van der Waals surface area contributed by atoms with Crippen LogP contribution in [0.15, 0.2) is 30.3 Å². The lowest BCUT2D eigenvalue weighted by atomic mass is 10.0. The summed E-state index contributed by atoms with van der Waals surface area (Å²) in [6, 6.07) is 8.52. The Kier molecular flexibility index (Phi) is 16.4. The number of unbranched alkanes of at least 4 members (excludes halogenated alkanes) is 15. The van der Waals surface area contributed by atoms with Gasteiger partial charge in [-0.15, -0.1) is 0 Å². The van der Waals surface area contributed by atoms with Crippen molar-refractivity contribution in [3.63, 3.8) is 0 Å². The molecular formula is C25H45O4P. The molecule has 0 saturated carbocycles. The standard InChI is InChI=1S/C25H45O4P/c1-2-3-4-5-6-7-8-9-10-11-12-13-14-15-16-20-23-29-30(27,28)25(26)24-21-18-17-19-22-24/h17-19,21-22,25-26H,2-16,20,23H2,1H3,(H,27,28). The van der Waals surface area contributed by atoms with Crippen molar-refractivity contribution < 1.29 is 19.1 Å². The third kappa shape index (κ3) is 13.6. The third-order valence-electron chi connectivity index (χ3n) is 5.68. The summed E-state index contributed by atoms with van der Waals surface area (Å²) in [7, 11) is -4.04. The highest BCUT2D eigenvalue weighted by atomic mass is 31.2. The quantitative estimate of drug-likeness (QED) is 0.159. The van der Waals surface area contributed by atoms with Crippen molar-refractivity contribution in [1.29, 1.82) is 0 Å². The molecule has 1 aromatic carbocycles. The topological polar surface area (TPSA) is 66.8 Å². The van der Waals surface area contributed by atoms with Gasteiger partial charge in [-0.05, 0) is 12.0 Å². The van der Waals surface area contributed by atoms with Crippen LogP contribution < -0.4 is 0 Å². The fourth-order valence-electron chi connectivity index (χ4n) is 3.73. The highest BCUT2D eigenvalue weighted by Gasteiger charge is 2.31. The van der Waals surface area contributed by atoms with Gasteiger partial charge in [-0.2, -0.15) is 0 Å². The Balaban J connectivity index is 1.88. The van der Waals surface area contributed by atoms with Crippen LogP contribution in [0.25, 0.3) is 0 Å². The first kappa shape index (κ1) is 27.4. The molecule has 2 atom stereocenters. The number of aliphatic hydroxyl groups is 1. The number of aliphatic hydroxyl groups excluding tert-OH is 1. The SMILES string of the molecule is CCCCCCCCCCCCCCCCCCOP(=O)(O)C(O)c1ccccc1. The van der Waals surface area contributed by atoms with E-state index in [0.717, 1.165) is 19.3 Å². The number of benzene rings is 1. The first-order chi connectivity index (χ1) is 14.6. The Bertz CT molecular complexity index is 549. The predicted molar refractivity (Wildman–Crippen MR) is 127 cm³/mol. The van der Waals surface area contributed by atoms with Crippen LogP contribution in [0.5, 0.6) is 0 Å². The van der Waals surface area contributed by atoms with Crippen LogP contribution in [0, 0.1) is 0 Å². The molecule has 2 N–H and O–H groups in total. The lowest BCUT2D eigenvalue weighted by Gasteiger charge is -2.18. The fourth-order valence-corrected chi connectivity index (χ4v) is 4.81. The van der Waals surface area contributed by atoms with E-state index in [1.807, 2.05) is 0 Å². The molecule has 0 aromatic heterocycles. The van der Waals surface area contributed by atoms with Crippen LogP contribution in [0.1, 0.15) is 121 Å². The summed E-state index contributed by atoms with van der Waals surface area (Å²) in [5, 5.41) is 10.0. The molecular weight excluding hydrogens is 395 g/mol. The summed E-state index contributed by atoms with van der Waals surface area (Å²) in [5.74, 6) is -1.47. The van der Waals surface area contributed by atoms with Gasteiger partial charge in [0.05, 0.1) is 6.61 Å². The molecule has 5 heteroatoms. The Labute approximate surface area is 185 Å². The smallest absolute Gasteiger partial charge is 0.360 e. The Hall–Kier alpha value is -0.670. The normalized spacial score (nSPS) is 14.5. The summed E-state index contributed by atoms with van der Waals surface area (Å²) in [6.07, 6.45) is 20.6. The summed E-state index contributed by atoms with van der Waals surface area (Å²) in [4.78, 5) is 9.95. The molecule has 0 saturated heterocycles. The summed E-state index contributed by atoms with van der Waals surface area (Å²) >= 11 is 0. The van der Waals surface area contributed by atoms with Crippen LogP contribution in [-0.4, -0.2) is 16.6 Å². The maximum atomic E-state index is 12.2. The molecule has 0 heterocycles. The Morgan fingerprint density at radius 1 is 0.733 bits per heavy atom. The van der Waals surface area contributed by atoms with E-state index in [1.165, 1.54) is 83.5 Å². The third-order valence-corrected chi connectivity index (χ3v) is 7.15. The second kappa shape index (κ2) is 18.0. The molecule has 0 bridgehead atoms. The Morgan fingerprint density at radius 3 is 1.57 bits per heavy atom. The van der Waals surface area contributed by atoms with E-state index in [0.29, 0.717) is 5.56 Å². The molecule has 0 aliphatic heterocycles. The lowest BCUT2D eigenvalue weighted by Crippen LogP contribution is -2.03. The molecule has 1 aromatic rings. The largest absolute Gasteiger partial charge is 0.376 e. The van der Waals surface area contributed by atoms with Crippen LogP contribution in [-0.2, 0) is 9.09 Å². The first-order valence-electron chi connectivity index (χ1n) is 12.3. The minimum absolute atomic E-state index is 0.218. The van der Waals surface area contributed by atoms with Gasteiger partial charge in [0.15, 0.2) is 5.85 Å². The molecule has 0 radical (unpaired) electrons. The minimum atomic E-state index is -4.04. The lowest BCUT2D eigenvalue weighted by molar-refractivity contribution is 0.171. The maximum Gasteiger partial charge on any atom is 0.360 e. The van der Waals surface area contributed by atoms with Crippen molar-refractivity contribution in [2.24, 2.45) is 0 Å². The zero-order valence-corrected chi connectivity index (χ0v) is 20.0. The van der Waals surface area contributed by atoms with E-state index in [2.05, 4.69) is 6.92 Å². The number of hydrogen-bond donors (Lipinski definition) is 2. The molecule has 0 aliphatic rings. The molecule has 4 nitrogen and oxygen atoms in total. The van der Waals surface area contributed by atoms with Crippen LogP contribution in [0.4, 0.5) is 0 Å². The van der Waals surface area contributed by atoms with Gasteiger partial charge in [-0.25, -0.2) is 0 Å². The maximum absolute atomic E-state index is 12.2. The van der Waals surface area contributed by atoms with Crippen LogP contribution in [0.3, 0.4) is 0 Å². The molecule has 0 aliphatic carbocycles. The van der Waals surface area contributed by atoms with E-state index < -0.39 is 13.4 Å². The summed E-state index contributed by atoms with van der Waals surface area (Å²) < 4.78 is 17.3. The van der Waals surface area contributed by atoms with Crippen LogP contribution >= 0.6 is 7.60 Å². The van der Waals surface area contributed by atoms with Crippen molar-refractivity contribution in [2.45, 2.75) is 116 Å². The molecule has 1 rings (SSSR count). The predicted octanol–water partition coefficient (Wildman–Crippen LogP) is 8.14. The van der Waals surface area contributed by atoms with E-state index in [9.17, 15) is 14.6 Å². The summed E-state index contributed by atoms with van der Waals surface area (Å²) in [5.41, 5.74) is 0.412. The second-order valence-corrected chi connectivity index (χ2v) is 10.4. The van der Waals surface area contributed by atoms with E-state index in [1.54, 1.807) is 30.3 Å². The van der Waals surface area contributed by atoms with Crippen molar-refractivity contribution in [1.82, 2.24) is 0 Å². The first-order valence-corrected chi connectivity index (χ1v) is 13.9. The van der Waals surface area contributed by atoms with E-state index >= 15 is 0 Å². The number of hydrogen-bond acceptors (Lipinski definition) is 3. The molecule has 0 fully saturated rings. The van der Waals surface area contributed by atoms with Gasteiger partial charge >= 0.3 is 7.60 Å². The average molecular weight is 441 g/mol. The van der Waals surface area contributed by atoms with E-state index in [-0.39, 0.29) is 6.61 Å². The van der Waals surface area contributed by atoms with Gasteiger partial charge in [-0.1, -0.05) is 134 Å². The van der Waals surface area contributed by atoms with Crippen LogP contribution in [0.2, 0.25) is 0 Å². The van der Waals surface area contributed by atoms with Gasteiger partial charge in [0.1, 0.15) is 0 Å². The molecule has 0 spiro atoms. The molecule has 174 valence electrons. The second-order valence-electron chi connectivity index (χ2n) is 8.49. The van der Waals surface area contributed by atoms with Gasteiger partial charge in [-0.3, -0.25) is 4.57 Å². The zero-order chi connectivity index (χ0) is 21.9. The van der Waals surface area contributed by atoms with Gasteiger partial charge in [0.25, 0.3) is 0 Å². The summed E-state index contributed by atoms with van der Waals surface area (Å²) in [6.45, 7) is 2.49. The molecule has 0 amide bonds. The van der Waals surface area contributed by atoms with Gasteiger partial charge in [0, 0.05) is 0 Å². The monoisotopic (exact) mass is 440 g/mol. The van der Waals surface area contributed by atoms with Crippen molar-refractivity contribution >= 4 is 7.60 Å². The fraction of sp³-hybridized carbons (Fsp3) is 0.760. The highest BCUT2D eigenvalue weighted by Crippen LogP contribution is 2.54. The van der Waals surface area contributed by atoms with E-state index in [4.69, 9.17) is 4.52 Å². The average Bonchev–Trinajstić information content (AvgIpc) is 2.76. The van der Waals surface area contributed by atoms with Gasteiger partial charge in [0.2, 0.25) is 0 Å². The van der Waals surface area contributed by atoms with Crippen molar-refractivity contribution in [3.05, 3.63) is 35.9 Å². The van der Waals surface area contributed by atoms with Gasteiger partial charge < -0.3 is 14.5 Å². The van der Waals surface area contributed by atoms with Crippen molar-refractivity contribution in [2.75, 3.05) is 6.61 Å². The Morgan fingerprint density at radius 2 is 1.13 bits per heavy atom. The number of rotatable bonds is 20. The molecule has 30 heavy (non-hydrogen) atoms.